The van der Waals surface area contributed by atoms with Crippen LogP contribution < -0.4 is 5.32 Å². The highest BCUT2D eigenvalue weighted by atomic mass is 16.5. The lowest BCUT2D eigenvalue weighted by Gasteiger charge is -2.34. The van der Waals surface area contributed by atoms with Crippen molar-refractivity contribution in [3.05, 3.63) is 59.7 Å². The first-order valence-electron chi connectivity index (χ1n) is 11.4. The average molecular weight is 461 g/mol. The number of benzene rings is 2. The Hall–Kier alpha value is -3.79. The van der Waals surface area contributed by atoms with Crippen molar-refractivity contribution in [2.45, 2.75) is 38.1 Å². The number of amides is 2. The number of aliphatic carboxylic acids is 1. The Morgan fingerprint density at radius 2 is 1.76 bits per heavy atom. The van der Waals surface area contributed by atoms with Crippen LogP contribution in [0.4, 0.5) is 4.79 Å². The van der Waals surface area contributed by atoms with Gasteiger partial charge in [0.15, 0.2) is 0 Å². The molecule has 0 aliphatic heterocycles. The number of nitrogens with zero attached hydrogens (tertiary/aromatic N) is 1. The fraction of sp³-hybridized carbons (Fsp3) is 0.370. The van der Waals surface area contributed by atoms with E-state index < -0.39 is 30.1 Å². The molecule has 2 atom stereocenters. The van der Waals surface area contributed by atoms with Crippen LogP contribution in [0.25, 0.3) is 11.1 Å². The molecule has 0 aromatic heterocycles. The Morgan fingerprint density at radius 3 is 2.35 bits per heavy atom. The van der Waals surface area contributed by atoms with Crippen LogP contribution in [-0.4, -0.2) is 53.7 Å². The molecule has 2 aromatic carbocycles. The standard InChI is InChI=1S/C27H28N2O5/c1-3-15-29(16-24(30)31)25(32)27(2)14-8-13-23(27)28-26(33)34-17-22-20-11-6-4-9-18(20)19-10-5-7-12-21(19)22/h1,4-7,9-12,22-23H,8,13-17H2,2H3,(H,28,33)(H,30,31). The zero-order valence-electron chi connectivity index (χ0n) is 19.1. The van der Waals surface area contributed by atoms with E-state index in [1.165, 1.54) is 0 Å². The van der Waals surface area contributed by atoms with Crippen molar-refractivity contribution in [3.8, 4) is 23.5 Å². The summed E-state index contributed by atoms with van der Waals surface area (Å²) in [4.78, 5) is 38.3. The number of fused-ring (bicyclic) bond motifs is 3. The van der Waals surface area contributed by atoms with Gasteiger partial charge in [0.05, 0.1) is 12.0 Å². The molecular formula is C27H28N2O5. The predicted molar refractivity (Wildman–Crippen MR) is 127 cm³/mol. The molecule has 7 heteroatoms. The van der Waals surface area contributed by atoms with E-state index in [2.05, 4.69) is 35.5 Å². The van der Waals surface area contributed by atoms with Crippen molar-refractivity contribution in [2.75, 3.05) is 19.7 Å². The van der Waals surface area contributed by atoms with Crippen molar-refractivity contribution in [1.82, 2.24) is 10.2 Å². The summed E-state index contributed by atoms with van der Waals surface area (Å²) >= 11 is 0. The van der Waals surface area contributed by atoms with Gasteiger partial charge in [-0.1, -0.05) is 60.9 Å². The van der Waals surface area contributed by atoms with Crippen LogP contribution in [0.5, 0.6) is 0 Å². The van der Waals surface area contributed by atoms with E-state index in [1.54, 1.807) is 6.92 Å². The normalized spacial score (nSPS) is 20.6. The molecule has 4 rings (SSSR count). The van der Waals surface area contributed by atoms with Crippen molar-refractivity contribution in [3.63, 3.8) is 0 Å². The number of carbonyl (C=O) groups excluding carboxylic acids is 2. The fourth-order valence-electron chi connectivity index (χ4n) is 5.27. The highest BCUT2D eigenvalue weighted by Crippen LogP contribution is 2.44. The minimum Gasteiger partial charge on any atom is -0.480 e. The van der Waals surface area contributed by atoms with Crippen LogP contribution in [0, 0.1) is 17.8 Å². The SMILES string of the molecule is C#CCN(CC(=O)O)C(=O)C1(C)CCCC1NC(=O)OCC1c2ccccc2-c2ccccc21. The molecule has 2 aromatic rings. The molecule has 0 radical (unpaired) electrons. The maximum Gasteiger partial charge on any atom is 0.407 e. The molecule has 7 nitrogen and oxygen atoms in total. The molecule has 1 saturated carbocycles. The van der Waals surface area contributed by atoms with Gasteiger partial charge in [0.2, 0.25) is 5.91 Å². The maximum atomic E-state index is 13.2. The second kappa shape index (κ2) is 9.60. The second-order valence-electron chi connectivity index (χ2n) is 9.09. The number of rotatable bonds is 7. The number of hydrogen-bond donors (Lipinski definition) is 2. The number of alkyl carbamates (subject to hydrolysis) is 1. The molecule has 0 saturated heterocycles. The molecule has 0 spiro atoms. The van der Waals surface area contributed by atoms with E-state index in [-0.39, 0.29) is 25.0 Å². The van der Waals surface area contributed by atoms with Gasteiger partial charge in [-0.3, -0.25) is 9.59 Å². The predicted octanol–water partition coefficient (Wildman–Crippen LogP) is 3.63. The lowest BCUT2D eigenvalue weighted by Crippen LogP contribution is -2.53. The molecular weight excluding hydrogens is 432 g/mol. The van der Waals surface area contributed by atoms with Crippen molar-refractivity contribution < 1.29 is 24.2 Å². The first kappa shape index (κ1) is 23.4. The fourth-order valence-corrected chi connectivity index (χ4v) is 5.27. The number of ether oxygens (including phenoxy) is 1. The van der Waals surface area contributed by atoms with Gasteiger partial charge in [0.1, 0.15) is 13.2 Å². The summed E-state index contributed by atoms with van der Waals surface area (Å²) < 4.78 is 5.65. The van der Waals surface area contributed by atoms with E-state index in [0.717, 1.165) is 33.6 Å². The van der Waals surface area contributed by atoms with Gasteiger partial charge in [-0.15, -0.1) is 6.42 Å². The van der Waals surface area contributed by atoms with Crippen LogP contribution >= 0.6 is 0 Å². The van der Waals surface area contributed by atoms with Crippen LogP contribution in [-0.2, 0) is 14.3 Å². The van der Waals surface area contributed by atoms with E-state index in [9.17, 15) is 14.4 Å². The molecule has 2 amide bonds. The Bertz CT molecular complexity index is 1110. The van der Waals surface area contributed by atoms with E-state index >= 15 is 0 Å². The molecule has 0 bridgehead atoms. The lowest BCUT2D eigenvalue weighted by molar-refractivity contribution is -0.149. The summed E-state index contributed by atoms with van der Waals surface area (Å²) in [6.45, 7) is 1.36. The summed E-state index contributed by atoms with van der Waals surface area (Å²) in [5.41, 5.74) is 3.59. The number of nitrogens with one attached hydrogen (secondary N) is 1. The first-order valence-corrected chi connectivity index (χ1v) is 11.4. The summed E-state index contributed by atoms with van der Waals surface area (Å²) in [7, 11) is 0. The minimum atomic E-state index is -1.13. The molecule has 2 aliphatic rings. The number of carboxylic acids is 1. The molecule has 34 heavy (non-hydrogen) atoms. The van der Waals surface area contributed by atoms with E-state index in [0.29, 0.717) is 12.8 Å². The molecule has 2 aliphatic carbocycles. The number of carbonyl (C=O) groups is 3. The quantitative estimate of drug-likeness (QED) is 0.615. The third kappa shape index (κ3) is 4.36. The average Bonchev–Trinajstić information content (AvgIpc) is 3.35. The van der Waals surface area contributed by atoms with Crippen LogP contribution in [0.3, 0.4) is 0 Å². The van der Waals surface area contributed by atoms with E-state index in [4.69, 9.17) is 16.3 Å². The van der Waals surface area contributed by atoms with Gasteiger partial charge in [-0.05, 0) is 42.0 Å². The number of terminal acetylenes is 1. The van der Waals surface area contributed by atoms with Gasteiger partial charge in [-0.25, -0.2) is 4.79 Å². The summed E-state index contributed by atoms with van der Waals surface area (Å²) in [6, 6.07) is 15.7. The monoisotopic (exact) mass is 460 g/mol. The summed E-state index contributed by atoms with van der Waals surface area (Å²) in [5, 5.41) is 12.0. The number of hydrogen-bond acceptors (Lipinski definition) is 4. The van der Waals surface area contributed by atoms with Crippen molar-refractivity contribution >= 4 is 18.0 Å². The molecule has 2 unspecified atom stereocenters. The Kier molecular flexibility index (Phi) is 6.60. The first-order chi connectivity index (χ1) is 16.3. The molecule has 176 valence electrons. The van der Waals surface area contributed by atoms with Crippen LogP contribution in [0.2, 0.25) is 0 Å². The van der Waals surface area contributed by atoms with Crippen LogP contribution in [0.1, 0.15) is 43.2 Å². The van der Waals surface area contributed by atoms with Crippen LogP contribution in [0.15, 0.2) is 48.5 Å². The van der Waals surface area contributed by atoms with Crippen molar-refractivity contribution in [2.24, 2.45) is 5.41 Å². The zero-order valence-corrected chi connectivity index (χ0v) is 19.1. The Morgan fingerprint density at radius 1 is 1.15 bits per heavy atom. The smallest absolute Gasteiger partial charge is 0.407 e. The zero-order chi connectivity index (χ0) is 24.3. The Balaban J connectivity index is 1.43. The van der Waals surface area contributed by atoms with Crippen molar-refractivity contribution in [1.29, 1.82) is 0 Å². The molecule has 2 N–H and O–H groups in total. The maximum absolute atomic E-state index is 13.2. The van der Waals surface area contributed by atoms with Gasteiger partial charge in [0, 0.05) is 12.0 Å². The third-order valence-electron chi connectivity index (χ3n) is 6.98. The van der Waals surface area contributed by atoms with Gasteiger partial charge < -0.3 is 20.1 Å². The summed E-state index contributed by atoms with van der Waals surface area (Å²) in [6.07, 6.45) is 6.61. The highest BCUT2D eigenvalue weighted by molar-refractivity contribution is 5.87. The van der Waals surface area contributed by atoms with Gasteiger partial charge in [-0.2, -0.15) is 0 Å². The highest BCUT2D eigenvalue weighted by Gasteiger charge is 2.48. The third-order valence-corrected chi connectivity index (χ3v) is 6.98. The second-order valence-corrected chi connectivity index (χ2v) is 9.09. The molecule has 0 heterocycles. The lowest BCUT2D eigenvalue weighted by atomic mass is 9.83. The topological polar surface area (TPSA) is 95.9 Å². The van der Waals surface area contributed by atoms with Gasteiger partial charge >= 0.3 is 12.1 Å². The summed E-state index contributed by atoms with van der Waals surface area (Å²) in [5.74, 6) is 0.790. The van der Waals surface area contributed by atoms with E-state index in [1.807, 2.05) is 24.3 Å². The Labute approximate surface area is 199 Å². The molecule has 1 fully saturated rings. The van der Waals surface area contributed by atoms with Gasteiger partial charge in [0.25, 0.3) is 0 Å². The minimum absolute atomic E-state index is 0.0589. The number of carboxylic acid groups (broad SMARTS) is 1. The largest absolute Gasteiger partial charge is 0.480 e.